The molecule has 0 N–H and O–H groups in total. The zero-order chi connectivity index (χ0) is 14.2. The van der Waals surface area contributed by atoms with E-state index in [9.17, 15) is 8.78 Å². The first-order valence-electron chi connectivity index (χ1n) is 5.76. The van der Waals surface area contributed by atoms with E-state index in [2.05, 4.69) is 0 Å². The monoisotopic (exact) mass is 300 g/mol. The summed E-state index contributed by atoms with van der Waals surface area (Å²) in [6, 6.07) is 7.73. The lowest BCUT2D eigenvalue weighted by molar-refractivity contribution is 0.587. The fourth-order valence-electron chi connectivity index (χ4n) is 1.93. The highest BCUT2D eigenvalue weighted by Gasteiger charge is 2.19. The third-order valence-corrected chi connectivity index (χ3v) is 3.78. The van der Waals surface area contributed by atoms with Crippen LogP contribution in [0, 0.1) is 25.5 Å². The molecule has 0 fully saturated rings. The van der Waals surface area contributed by atoms with Gasteiger partial charge in [-0.05, 0) is 37.1 Å². The van der Waals surface area contributed by atoms with Crippen molar-refractivity contribution in [3.63, 3.8) is 0 Å². The van der Waals surface area contributed by atoms with Gasteiger partial charge in [-0.15, -0.1) is 11.6 Å². The maximum Gasteiger partial charge on any atom is 0.142 e. The standard InChI is InChI=1S/C15H12Cl2F2/c1-8-3-4-9(2)10(5-8)15(17)11-6-14(19)12(16)7-13(11)18/h3-7,15H,1-2H3. The van der Waals surface area contributed by atoms with Crippen LogP contribution in [0.4, 0.5) is 8.78 Å². The summed E-state index contributed by atoms with van der Waals surface area (Å²) in [5.41, 5.74) is 2.81. The summed E-state index contributed by atoms with van der Waals surface area (Å²) >= 11 is 11.8. The Morgan fingerprint density at radius 3 is 2.32 bits per heavy atom. The van der Waals surface area contributed by atoms with Gasteiger partial charge >= 0.3 is 0 Å². The molecular weight excluding hydrogens is 289 g/mol. The lowest BCUT2D eigenvalue weighted by atomic mass is 9.97. The fraction of sp³-hybridized carbons (Fsp3) is 0.200. The maximum atomic E-state index is 13.9. The Bertz CT molecular complexity index is 624. The second-order valence-corrected chi connectivity index (χ2v) is 5.35. The van der Waals surface area contributed by atoms with Crippen LogP contribution in [-0.2, 0) is 0 Å². The molecule has 0 heterocycles. The van der Waals surface area contributed by atoms with Gasteiger partial charge in [-0.2, -0.15) is 0 Å². The van der Waals surface area contributed by atoms with Gasteiger partial charge < -0.3 is 0 Å². The number of benzene rings is 2. The van der Waals surface area contributed by atoms with E-state index in [-0.39, 0.29) is 10.6 Å². The molecule has 0 aliphatic rings. The van der Waals surface area contributed by atoms with Crippen molar-refractivity contribution in [1.29, 1.82) is 0 Å². The molecule has 100 valence electrons. The molecule has 0 aliphatic heterocycles. The van der Waals surface area contributed by atoms with Crippen LogP contribution >= 0.6 is 23.2 Å². The minimum Gasteiger partial charge on any atom is -0.207 e. The summed E-state index contributed by atoms with van der Waals surface area (Å²) in [6.07, 6.45) is 0. The predicted octanol–water partition coefficient (Wildman–Crippen LogP) is 5.56. The van der Waals surface area contributed by atoms with Gasteiger partial charge in [-0.3, -0.25) is 0 Å². The fourth-order valence-corrected chi connectivity index (χ4v) is 2.49. The minimum absolute atomic E-state index is 0.0947. The third kappa shape index (κ3) is 2.90. The lowest BCUT2D eigenvalue weighted by Crippen LogP contribution is -2.01. The number of rotatable bonds is 2. The Kier molecular flexibility index (Phi) is 4.12. The summed E-state index contributed by atoms with van der Waals surface area (Å²) in [5.74, 6) is -1.28. The van der Waals surface area contributed by atoms with Crippen LogP contribution in [-0.4, -0.2) is 0 Å². The molecule has 0 saturated heterocycles. The predicted molar refractivity (Wildman–Crippen MR) is 75.0 cm³/mol. The van der Waals surface area contributed by atoms with Crippen LogP contribution in [0.1, 0.15) is 27.6 Å². The quantitative estimate of drug-likeness (QED) is 0.503. The molecular formula is C15H12Cl2F2. The summed E-state index contributed by atoms with van der Waals surface area (Å²) in [4.78, 5) is 0. The van der Waals surface area contributed by atoms with Crippen molar-refractivity contribution in [2.45, 2.75) is 19.2 Å². The number of halogens is 4. The van der Waals surface area contributed by atoms with Crippen molar-refractivity contribution >= 4 is 23.2 Å². The van der Waals surface area contributed by atoms with Crippen LogP contribution in [0.2, 0.25) is 5.02 Å². The van der Waals surface area contributed by atoms with Crippen molar-refractivity contribution in [3.05, 3.63) is 69.2 Å². The second-order valence-electron chi connectivity index (χ2n) is 4.51. The van der Waals surface area contributed by atoms with Gasteiger partial charge in [0.1, 0.15) is 11.6 Å². The molecule has 0 spiro atoms. The molecule has 0 aliphatic carbocycles. The minimum atomic E-state index is -0.744. The zero-order valence-electron chi connectivity index (χ0n) is 10.5. The SMILES string of the molecule is Cc1ccc(C)c(C(Cl)c2cc(F)c(Cl)cc2F)c1. The summed E-state index contributed by atoms with van der Waals surface area (Å²) in [7, 11) is 0. The van der Waals surface area contributed by atoms with E-state index in [0.717, 1.165) is 28.8 Å². The Morgan fingerprint density at radius 1 is 0.947 bits per heavy atom. The van der Waals surface area contributed by atoms with E-state index in [1.165, 1.54) is 0 Å². The van der Waals surface area contributed by atoms with E-state index >= 15 is 0 Å². The first kappa shape index (κ1) is 14.3. The Balaban J connectivity index is 2.52. The van der Waals surface area contributed by atoms with Crippen LogP contribution < -0.4 is 0 Å². The molecule has 1 atom stereocenters. The van der Waals surface area contributed by atoms with Crippen molar-refractivity contribution in [1.82, 2.24) is 0 Å². The summed E-state index contributed by atoms with van der Waals surface area (Å²) < 4.78 is 27.3. The first-order chi connectivity index (χ1) is 8.90. The smallest absolute Gasteiger partial charge is 0.142 e. The average Bonchev–Trinajstić information content (AvgIpc) is 2.36. The molecule has 2 aromatic rings. The molecule has 0 nitrogen and oxygen atoms in total. The van der Waals surface area contributed by atoms with E-state index in [1.807, 2.05) is 32.0 Å². The molecule has 2 aromatic carbocycles. The van der Waals surface area contributed by atoms with Crippen molar-refractivity contribution in [2.75, 3.05) is 0 Å². The highest BCUT2D eigenvalue weighted by atomic mass is 35.5. The molecule has 19 heavy (non-hydrogen) atoms. The highest BCUT2D eigenvalue weighted by Crippen LogP contribution is 2.34. The third-order valence-electron chi connectivity index (χ3n) is 3.02. The number of hydrogen-bond donors (Lipinski definition) is 0. The molecule has 0 bridgehead atoms. The van der Waals surface area contributed by atoms with Gasteiger partial charge in [0.2, 0.25) is 0 Å². The number of alkyl halides is 1. The van der Waals surface area contributed by atoms with E-state index in [0.29, 0.717) is 0 Å². The topological polar surface area (TPSA) is 0 Å². The molecule has 1 unspecified atom stereocenters. The summed E-state index contributed by atoms with van der Waals surface area (Å²) in [5, 5.41) is -0.988. The van der Waals surface area contributed by atoms with Gasteiger partial charge in [0.05, 0.1) is 10.4 Å². The van der Waals surface area contributed by atoms with Gasteiger partial charge in [0, 0.05) is 5.56 Å². The van der Waals surface area contributed by atoms with Crippen molar-refractivity contribution in [2.24, 2.45) is 0 Å². The molecule has 4 heteroatoms. The van der Waals surface area contributed by atoms with Crippen LogP contribution in [0.15, 0.2) is 30.3 Å². The number of hydrogen-bond acceptors (Lipinski definition) is 0. The lowest BCUT2D eigenvalue weighted by Gasteiger charge is -2.15. The van der Waals surface area contributed by atoms with Crippen LogP contribution in [0.5, 0.6) is 0 Å². The zero-order valence-corrected chi connectivity index (χ0v) is 12.0. The average molecular weight is 301 g/mol. The highest BCUT2D eigenvalue weighted by molar-refractivity contribution is 6.30. The van der Waals surface area contributed by atoms with Gasteiger partial charge in [-0.1, -0.05) is 35.4 Å². The first-order valence-corrected chi connectivity index (χ1v) is 6.57. The van der Waals surface area contributed by atoms with E-state index < -0.39 is 17.0 Å². The van der Waals surface area contributed by atoms with E-state index in [1.54, 1.807) is 0 Å². The molecule has 0 aromatic heterocycles. The van der Waals surface area contributed by atoms with E-state index in [4.69, 9.17) is 23.2 Å². The van der Waals surface area contributed by atoms with Crippen molar-refractivity contribution < 1.29 is 8.78 Å². The van der Waals surface area contributed by atoms with Crippen molar-refractivity contribution in [3.8, 4) is 0 Å². The molecule has 0 radical (unpaired) electrons. The molecule has 2 rings (SSSR count). The largest absolute Gasteiger partial charge is 0.207 e. The van der Waals surface area contributed by atoms with Gasteiger partial charge in [0.25, 0.3) is 0 Å². The Hall–Kier alpha value is -1.12. The normalized spacial score (nSPS) is 12.5. The maximum absolute atomic E-state index is 13.9. The Labute approximate surface area is 121 Å². The summed E-state index contributed by atoms with van der Waals surface area (Å²) in [6.45, 7) is 3.81. The number of aryl methyl sites for hydroxylation is 2. The van der Waals surface area contributed by atoms with Crippen LogP contribution in [0.25, 0.3) is 0 Å². The van der Waals surface area contributed by atoms with Gasteiger partial charge in [-0.25, -0.2) is 8.78 Å². The second kappa shape index (κ2) is 5.48. The Morgan fingerprint density at radius 2 is 1.63 bits per heavy atom. The molecule has 0 amide bonds. The molecule has 0 saturated carbocycles. The van der Waals surface area contributed by atoms with Gasteiger partial charge in [0.15, 0.2) is 0 Å². The van der Waals surface area contributed by atoms with Crippen LogP contribution in [0.3, 0.4) is 0 Å².